The number of rotatable bonds is 2. The highest BCUT2D eigenvalue weighted by molar-refractivity contribution is 9.10. The van der Waals surface area contributed by atoms with Crippen molar-refractivity contribution in [3.8, 4) is 23.0 Å². The van der Waals surface area contributed by atoms with Crippen molar-refractivity contribution in [1.82, 2.24) is 20.1 Å². The van der Waals surface area contributed by atoms with Gasteiger partial charge in [0.2, 0.25) is 5.82 Å². The molecule has 0 aliphatic rings. The van der Waals surface area contributed by atoms with E-state index in [1.54, 1.807) is 18.6 Å². The molecule has 0 unspecified atom stereocenters. The molecule has 5 nitrogen and oxygen atoms in total. The largest absolute Gasteiger partial charge is 0.332 e. The summed E-state index contributed by atoms with van der Waals surface area (Å²) in [5.41, 5.74) is 1.44. The summed E-state index contributed by atoms with van der Waals surface area (Å²) in [5.74, 6) is 0.884. The van der Waals surface area contributed by atoms with E-state index in [0.717, 1.165) is 10.0 Å². The van der Waals surface area contributed by atoms with Crippen LogP contribution in [0.1, 0.15) is 0 Å². The molecule has 0 spiro atoms. The van der Waals surface area contributed by atoms with Gasteiger partial charge in [0.25, 0.3) is 5.89 Å². The van der Waals surface area contributed by atoms with Gasteiger partial charge in [-0.2, -0.15) is 4.98 Å². The van der Waals surface area contributed by atoms with Gasteiger partial charge < -0.3 is 4.52 Å². The van der Waals surface area contributed by atoms with Crippen LogP contribution in [0.15, 0.2) is 51.9 Å². The second kappa shape index (κ2) is 4.66. The smallest absolute Gasteiger partial charge is 0.276 e. The van der Waals surface area contributed by atoms with Crippen molar-refractivity contribution in [2.75, 3.05) is 0 Å². The molecule has 88 valence electrons. The first kappa shape index (κ1) is 11.0. The molecule has 3 aromatic heterocycles. The maximum absolute atomic E-state index is 5.18. The Kier molecular flexibility index (Phi) is 2.85. The Labute approximate surface area is 111 Å². The maximum Gasteiger partial charge on any atom is 0.276 e. The van der Waals surface area contributed by atoms with E-state index < -0.39 is 0 Å². The highest BCUT2D eigenvalue weighted by Crippen LogP contribution is 2.22. The molecule has 0 aliphatic carbocycles. The molecule has 0 saturated carbocycles. The highest BCUT2D eigenvalue weighted by Gasteiger charge is 2.11. The van der Waals surface area contributed by atoms with E-state index >= 15 is 0 Å². The minimum absolute atomic E-state index is 0.394. The van der Waals surface area contributed by atoms with Crippen molar-refractivity contribution in [3.63, 3.8) is 0 Å². The molecule has 0 aromatic carbocycles. The van der Waals surface area contributed by atoms with E-state index in [9.17, 15) is 0 Å². The van der Waals surface area contributed by atoms with Gasteiger partial charge in [0.1, 0.15) is 5.69 Å². The van der Waals surface area contributed by atoms with Crippen molar-refractivity contribution in [1.29, 1.82) is 0 Å². The van der Waals surface area contributed by atoms with Crippen LogP contribution in [0.3, 0.4) is 0 Å². The molecule has 0 N–H and O–H groups in total. The number of nitrogens with zero attached hydrogens (tertiary/aromatic N) is 4. The van der Waals surface area contributed by atoms with Crippen LogP contribution in [0, 0.1) is 0 Å². The SMILES string of the molecule is Brc1cncc(-c2noc(-c3ccccn3)n2)c1. The zero-order valence-electron chi connectivity index (χ0n) is 9.12. The Bertz CT molecular complexity index is 669. The summed E-state index contributed by atoms with van der Waals surface area (Å²) in [4.78, 5) is 12.5. The van der Waals surface area contributed by atoms with E-state index in [1.807, 2.05) is 24.3 Å². The first-order valence-electron chi connectivity index (χ1n) is 5.19. The van der Waals surface area contributed by atoms with Crippen molar-refractivity contribution in [2.45, 2.75) is 0 Å². The Morgan fingerprint density at radius 2 is 2.11 bits per heavy atom. The van der Waals surface area contributed by atoms with Gasteiger partial charge in [-0.3, -0.25) is 9.97 Å². The van der Waals surface area contributed by atoms with E-state index in [4.69, 9.17) is 4.52 Å². The Hall–Kier alpha value is -2.08. The first-order valence-corrected chi connectivity index (χ1v) is 5.98. The van der Waals surface area contributed by atoms with Gasteiger partial charge in [-0.05, 0) is 34.1 Å². The lowest BCUT2D eigenvalue weighted by atomic mass is 10.3. The summed E-state index contributed by atoms with van der Waals surface area (Å²) in [6.45, 7) is 0. The summed E-state index contributed by atoms with van der Waals surface area (Å²) in [7, 11) is 0. The predicted octanol–water partition coefficient (Wildman–Crippen LogP) is 2.96. The summed E-state index contributed by atoms with van der Waals surface area (Å²) in [5, 5.41) is 3.92. The van der Waals surface area contributed by atoms with Crippen molar-refractivity contribution in [2.24, 2.45) is 0 Å². The first-order chi connectivity index (χ1) is 8.83. The minimum atomic E-state index is 0.394. The number of hydrogen-bond donors (Lipinski definition) is 0. The minimum Gasteiger partial charge on any atom is -0.332 e. The molecule has 0 aliphatic heterocycles. The van der Waals surface area contributed by atoms with Crippen LogP contribution in [-0.4, -0.2) is 20.1 Å². The van der Waals surface area contributed by atoms with Crippen LogP contribution < -0.4 is 0 Å². The fourth-order valence-electron chi connectivity index (χ4n) is 1.47. The van der Waals surface area contributed by atoms with Crippen molar-refractivity contribution in [3.05, 3.63) is 47.3 Å². The van der Waals surface area contributed by atoms with Crippen LogP contribution in [0.2, 0.25) is 0 Å². The van der Waals surface area contributed by atoms with Gasteiger partial charge in [0.05, 0.1) is 0 Å². The predicted molar refractivity (Wildman–Crippen MR) is 68.5 cm³/mol. The van der Waals surface area contributed by atoms with E-state index in [0.29, 0.717) is 17.4 Å². The van der Waals surface area contributed by atoms with Crippen LogP contribution in [-0.2, 0) is 0 Å². The Balaban J connectivity index is 2.00. The molecular weight excluding hydrogens is 296 g/mol. The summed E-state index contributed by atoms with van der Waals surface area (Å²) in [6.07, 6.45) is 5.06. The van der Waals surface area contributed by atoms with Crippen LogP contribution in [0.25, 0.3) is 23.0 Å². The van der Waals surface area contributed by atoms with Gasteiger partial charge in [0, 0.05) is 28.6 Å². The molecule has 18 heavy (non-hydrogen) atoms. The van der Waals surface area contributed by atoms with Gasteiger partial charge in [-0.25, -0.2) is 0 Å². The van der Waals surface area contributed by atoms with Gasteiger partial charge in [-0.15, -0.1) is 0 Å². The van der Waals surface area contributed by atoms with Crippen molar-refractivity contribution < 1.29 is 4.52 Å². The molecule has 0 bridgehead atoms. The lowest BCUT2D eigenvalue weighted by Crippen LogP contribution is -1.84. The zero-order valence-corrected chi connectivity index (χ0v) is 10.7. The normalized spacial score (nSPS) is 10.5. The fourth-order valence-corrected chi connectivity index (χ4v) is 1.83. The van der Waals surface area contributed by atoms with E-state index in [2.05, 4.69) is 36.0 Å². The highest BCUT2D eigenvalue weighted by atomic mass is 79.9. The second-order valence-electron chi connectivity index (χ2n) is 3.53. The summed E-state index contributed by atoms with van der Waals surface area (Å²) in [6, 6.07) is 7.39. The van der Waals surface area contributed by atoms with Crippen LogP contribution in [0.4, 0.5) is 0 Å². The molecular formula is C12H7BrN4O. The van der Waals surface area contributed by atoms with E-state index in [1.165, 1.54) is 0 Å². The third-order valence-electron chi connectivity index (χ3n) is 2.27. The quantitative estimate of drug-likeness (QED) is 0.728. The van der Waals surface area contributed by atoms with Crippen molar-refractivity contribution >= 4 is 15.9 Å². The molecule has 0 radical (unpaired) electrons. The maximum atomic E-state index is 5.18. The molecule has 0 saturated heterocycles. The lowest BCUT2D eigenvalue weighted by molar-refractivity contribution is 0.431. The molecule has 6 heteroatoms. The molecule has 3 aromatic rings. The fraction of sp³-hybridized carbons (Fsp3) is 0. The second-order valence-corrected chi connectivity index (χ2v) is 4.45. The summed E-state index contributed by atoms with van der Waals surface area (Å²) < 4.78 is 6.04. The molecule has 0 amide bonds. The topological polar surface area (TPSA) is 64.7 Å². The van der Waals surface area contributed by atoms with Gasteiger partial charge in [0.15, 0.2) is 0 Å². The van der Waals surface area contributed by atoms with Crippen LogP contribution in [0.5, 0.6) is 0 Å². The number of halogens is 1. The number of hydrogen-bond acceptors (Lipinski definition) is 5. The van der Waals surface area contributed by atoms with Gasteiger partial charge in [-0.1, -0.05) is 11.2 Å². The molecule has 3 rings (SSSR count). The number of pyridine rings is 2. The van der Waals surface area contributed by atoms with Crippen LogP contribution >= 0.6 is 15.9 Å². The summed E-state index contributed by atoms with van der Waals surface area (Å²) >= 11 is 3.35. The Morgan fingerprint density at radius 1 is 1.17 bits per heavy atom. The average molecular weight is 303 g/mol. The monoisotopic (exact) mass is 302 g/mol. The zero-order chi connectivity index (χ0) is 12.4. The van der Waals surface area contributed by atoms with E-state index in [-0.39, 0.29) is 0 Å². The third kappa shape index (κ3) is 2.14. The standard InChI is InChI=1S/C12H7BrN4O/c13-9-5-8(6-14-7-9)11-16-12(18-17-11)10-3-1-2-4-15-10/h1-7H. The molecule has 3 heterocycles. The van der Waals surface area contributed by atoms with Gasteiger partial charge >= 0.3 is 0 Å². The number of aromatic nitrogens is 4. The lowest BCUT2D eigenvalue weighted by Gasteiger charge is -1.93. The molecule has 0 fully saturated rings. The third-order valence-corrected chi connectivity index (χ3v) is 2.71. The average Bonchev–Trinajstić information content (AvgIpc) is 2.89. The Morgan fingerprint density at radius 3 is 2.89 bits per heavy atom. The molecule has 0 atom stereocenters.